The molecule has 0 fully saturated rings. The summed E-state index contributed by atoms with van der Waals surface area (Å²) < 4.78 is 5.27. The first-order valence-corrected chi connectivity index (χ1v) is 4.78. The molecule has 2 heterocycles. The fraction of sp³-hybridized carbons (Fsp3) is 0. The molecule has 0 unspecified atom stereocenters. The molecule has 0 spiro atoms. The lowest BCUT2D eigenvalue weighted by Gasteiger charge is -2.04. The Kier molecular flexibility index (Phi) is 3.11. The number of carboxylic acid groups (broad SMARTS) is 1. The number of carboxylic acids is 1. The lowest BCUT2D eigenvalue weighted by atomic mass is 10.3. The summed E-state index contributed by atoms with van der Waals surface area (Å²) in [4.78, 5) is 14.5. The fourth-order valence-electron chi connectivity index (χ4n) is 1.18. The van der Waals surface area contributed by atoms with E-state index in [4.69, 9.17) is 15.1 Å². The van der Waals surface area contributed by atoms with Crippen LogP contribution in [0.1, 0.15) is 15.9 Å². The van der Waals surface area contributed by atoms with Crippen LogP contribution in [0.15, 0.2) is 30.7 Å². The molecule has 2 rings (SSSR count). The van der Waals surface area contributed by atoms with Gasteiger partial charge in [-0.05, 0) is 12.1 Å². The van der Waals surface area contributed by atoms with E-state index in [9.17, 15) is 4.79 Å². The van der Waals surface area contributed by atoms with Crippen molar-refractivity contribution in [1.29, 1.82) is 5.26 Å². The average molecular weight is 242 g/mol. The van der Waals surface area contributed by atoms with Gasteiger partial charge in [0.25, 0.3) is 5.88 Å². The van der Waals surface area contributed by atoms with Crippen LogP contribution in [0.5, 0.6) is 11.6 Å². The summed E-state index contributed by atoms with van der Waals surface area (Å²) in [5, 5.41) is 24.9. The number of aromatic nitrogens is 3. The highest BCUT2D eigenvalue weighted by atomic mass is 16.5. The van der Waals surface area contributed by atoms with Crippen molar-refractivity contribution in [3.05, 3.63) is 41.9 Å². The van der Waals surface area contributed by atoms with Crippen molar-refractivity contribution in [2.75, 3.05) is 0 Å². The Morgan fingerprint density at radius 1 is 1.44 bits per heavy atom. The van der Waals surface area contributed by atoms with Gasteiger partial charge >= 0.3 is 5.97 Å². The summed E-state index contributed by atoms with van der Waals surface area (Å²) in [6.07, 6.45) is 3.87. The van der Waals surface area contributed by atoms with Gasteiger partial charge in [0.2, 0.25) is 0 Å². The van der Waals surface area contributed by atoms with Crippen LogP contribution in [-0.4, -0.2) is 26.3 Å². The molecule has 0 saturated carbocycles. The predicted molar refractivity (Wildman–Crippen MR) is 58.0 cm³/mol. The van der Waals surface area contributed by atoms with Crippen molar-refractivity contribution >= 4 is 5.97 Å². The van der Waals surface area contributed by atoms with Gasteiger partial charge < -0.3 is 9.84 Å². The van der Waals surface area contributed by atoms with Gasteiger partial charge in [0, 0.05) is 6.20 Å². The van der Waals surface area contributed by atoms with Crippen molar-refractivity contribution < 1.29 is 14.6 Å². The smallest absolute Gasteiger partial charge is 0.337 e. The first-order valence-electron chi connectivity index (χ1n) is 4.78. The number of aromatic carboxylic acids is 1. The van der Waals surface area contributed by atoms with Crippen molar-refractivity contribution in [2.24, 2.45) is 0 Å². The Labute approximate surface area is 101 Å². The molecule has 0 aromatic carbocycles. The second kappa shape index (κ2) is 4.88. The Morgan fingerprint density at radius 3 is 3.00 bits per heavy atom. The maximum atomic E-state index is 10.8. The van der Waals surface area contributed by atoms with Gasteiger partial charge in [-0.15, -0.1) is 5.10 Å². The molecule has 0 amide bonds. The number of hydrogen-bond acceptors (Lipinski definition) is 6. The normalized spacial score (nSPS) is 9.50. The molecule has 0 aliphatic heterocycles. The van der Waals surface area contributed by atoms with Crippen LogP contribution < -0.4 is 4.74 Å². The van der Waals surface area contributed by atoms with Gasteiger partial charge in [0.05, 0.1) is 18.0 Å². The highest BCUT2D eigenvalue weighted by Gasteiger charge is 2.09. The molecular weight excluding hydrogens is 236 g/mol. The summed E-state index contributed by atoms with van der Waals surface area (Å²) in [5.74, 6) is -0.941. The standard InChI is InChI=1S/C11H6N4O3/c12-4-7-1-2-14-15-10(7)18-9-3-8(11(16)17)5-13-6-9/h1-3,5-6H,(H,16,17). The molecule has 7 nitrogen and oxygen atoms in total. The summed E-state index contributed by atoms with van der Waals surface area (Å²) in [6, 6.07) is 4.61. The Bertz CT molecular complexity index is 636. The summed E-state index contributed by atoms with van der Waals surface area (Å²) in [7, 11) is 0. The first-order chi connectivity index (χ1) is 8.70. The number of ether oxygens (including phenoxy) is 1. The summed E-state index contributed by atoms with van der Waals surface area (Å²) in [6.45, 7) is 0. The molecule has 0 radical (unpaired) electrons. The van der Waals surface area contributed by atoms with E-state index in [-0.39, 0.29) is 22.8 Å². The monoisotopic (exact) mass is 242 g/mol. The maximum Gasteiger partial charge on any atom is 0.337 e. The maximum absolute atomic E-state index is 10.8. The molecule has 1 N–H and O–H groups in total. The largest absolute Gasteiger partial charge is 0.478 e. The van der Waals surface area contributed by atoms with Crippen molar-refractivity contribution in [1.82, 2.24) is 15.2 Å². The average Bonchev–Trinajstić information content (AvgIpc) is 2.39. The molecule has 0 aliphatic carbocycles. The number of carbonyl (C=O) groups is 1. The minimum atomic E-state index is -1.12. The van der Waals surface area contributed by atoms with E-state index in [1.807, 2.05) is 6.07 Å². The topological polar surface area (TPSA) is 109 Å². The van der Waals surface area contributed by atoms with Crippen LogP contribution in [-0.2, 0) is 0 Å². The molecule has 18 heavy (non-hydrogen) atoms. The molecule has 7 heteroatoms. The number of nitriles is 1. The summed E-state index contributed by atoms with van der Waals surface area (Å²) >= 11 is 0. The van der Waals surface area contributed by atoms with E-state index in [0.29, 0.717) is 0 Å². The third-order valence-electron chi connectivity index (χ3n) is 1.98. The fourth-order valence-corrected chi connectivity index (χ4v) is 1.18. The number of pyridine rings is 1. The van der Waals surface area contributed by atoms with Gasteiger partial charge in [-0.25, -0.2) is 4.79 Å². The molecule has 0 atom stereocenters. The van der Waals surface area contributed by atoms with Crippen molar-refractivity contribution in [2.45, 2.75) is 0 Å². The van der Waals surface area contributed by atoms with E-state index < -0.39 is 5.97 Å². The van der Waals surface area contributed by atoms with E-state index >= 15 is 0 Å². The zero-order valence-corrected chi connectivity index (χ0v) is 8.94. The molecule has 88 valence electrons. The van der Waals surface area contributed by atoms with Crippen LogP contribution in [0.25, 0.3) is 0 Å². The highest BCUT2D eigenvalue weighted by Crippen LogP contribution is 2.21. The third-order valence-corrected chi connectivity index (χ3v) is 1.98. The van der Waals surface area contributed by atoms with Gasteiger partial charge in [-0.3, -0.25) is 4.98 Å². The van der Waals surface area contributed by atoms with E-state index in [1.54, 1.807) is 0 Å². The van der Waals surface area contributed by atoms with Gasteiger partial charge in [0.1, 0.15) is 17.4 Å². The second-order valence-corrected chi connectivity index (χ2v) is 3.18. The Hall–Kier alpha value is -3.01. The quantitative estimate of drug-likeness (QED) is 0.861. The van der Waals surface area contributed by atoms with Gasteiger partial charge in [-0.2, -0.15) is 10.4 Å². The number of nitrogens with zero attached hydrogens (tertiary/aromatic N) is 4. The van der Waals surface area contributed by atoms with E-state index in [1.165, 1.54) is 30.7 Å². The zero-order valence-electron chi connectivity index (χ0n) is 8.94. The SMILES string of the molecule is N#Cc1ccnnc1Oc1cncc(C(=O)O)c1. The minimum Gasteiger partial charge on any atom is -0.478 e. The molecular formula is C11H6N4O3. The molecule has 2 aromatic heterocycles. The minimum absolute atomic E-state index is 0.00402. The Balaban J connectivity index is 2.32. The van der Waals surface area contributed by atoms with Crippen LogP contribution in [0.2, 0.25) is 0 Å². The lowest BCUT2D eigenvalue weighted by Crippen LogP contribution is -1.99. The van der Waals surface area contributed by atoms with Crippen LogP contribution in [0, 0.1) is 11.3 Å². The molecule has 2 aromatic rings. The van der Waals surface area contributed by atoms with Crippen LogP contribution in [0.4, 0.5) is 0 Å². The first kappa shape index (κ1) is 11.5. The molecule has 0 bridgehead atoms. The Morgan fingerprint density at radius 2 is 2.28 bits per heavy atom. The number of rotatable bonds is 3. The van der Waals surface area contributed by atoms with E-state index in [0.717, 1.165) is 0 Å². The lowest BCUT2D eigenvalue weighted by molar-refractivity contribution is 0.0696. The van der Waals surface area contributed by atoms with Crippen molar-refractivity contribution in [3.8, 4) is 17.7 Å². The zero-order chi connectivity index (χ0) is 13.0. The highest BCUT2D eigenvalue weighted by molar-refractivity contribution is 5.87. The second-order valence-electron chi connectivity index (χ2n) is 3.18. The summed E-state index contributed by atoms with van der Waals surface area (Å²) in [5.41, 5.74) is 0.181. The molecule has 0 aliphatic rings. The van der Waals surface area contributed by atoms with Crippen molar-refractivity contribution in [3.63, 3.8) is 0 Å². The predicted octanol–water partition coefficient (Wildman–Crippen LogP) is 1.23. The number of hydrogen-bond donors (Lipinski definition) is 1. The van der Waals surface area contributed by atoms with E-state index in [2.05, 4.69) is 15.2 Å². The van der Waals surface area contributed by atoms with Crippen LogP contribution in [0.3, 0.4) is 0 Å². The third kappa shape index (κ3) is 2.38. The van der Waals surface area contributed by atoms with Crippen LogP contribution >= 0.6 is 0 Å². The van der Waals surface area contributed by atoms with Gasteiger partial charge in [0.15, 0.2) is 0 Å². The van der Waals surface area contributed by atoms with Gasteiger partial charge in [-0.1, -0.05) is 0 Å². The molecule has 0 saturated heterocycles.